The van der Waals surface area contributed by atoms with E-state index < -0.39 is 11.8 Å². The number of anilines is 1. The highest BCUT2D eigenvalue weighted by atomic mass is 16.2. The van der Waals surface area contributed by atoms with E-state index in [2.05, 4.69) is 51.8 Å². The Morgan fingerprint density at radius 1 is 1.03 bits per heavy atom. The van der Waals surface area contributed by atoms with Crippen LogP contribution in [0.1, 0.15) is 31.4 Å². The summed E-state index contributed by atoms with van der Waals surface area (Å²) in [7, 11) is 1.84. The molecule has 156 valence electrons. The number of nitrogens with zero attached hydrogens (tertiary/aromatic N) is 3. The molecule has 1 aromatic heterocycles. The average Bonchev–Trinajstić information content (AvgIpc) is 3.16. The van der Waals surface area contributed by atoms with Gasteiger partial charge in [-0.1, -0.05) is 36.4 Å². The first-order chi connectivity index (χ1) is 14.5. The Kier molecular flexibility index (Phi) is 5.81. The molecule has 1 atom stereocenters. The molecule has 0 bridgehead atoms. The van der Waals surface area contributed by atoms with Crippen molar-refractivity contribution in [3.8, 4) is 0 Å². The van der Waals surface area contributed by atoms with Gasteiger partial charge in [0, 0.05) is 37.6 Å². The van der Waals surface area contributed by atoms with Crippen molar-refractivity contribution in [2.45, 2.75) is 31.8 Å². The third kappa shape index (κ3) is 4.21. The Balaban J connectivity index is 1.31. The number of rotatable bonds is 4. The number of carbonyl (C=O) groups excluding carboxylic acids is 2. The van der Waals surface area contributed by atoms with Crippen molar-refractivity contribution in [2.75, 3.05) is 18.4 Å². The summed E-state index contributed by atoms with van der Waals surface area (Å²) >= 11 is 0. The van der Waals surface area contributed by atoms with E-state index in [4.69, 9.17) is 0 Å². The largest absolute Gasteiger partial charge is 0.345 e. The number of nitrogens with one attached hydrogen (secondary N) is 2. The van der Waals surface area contributed by atoms with Crippen LogP contribution in [0.5, 0.6) is 0 Å². The van der Waals surface area contributed by atoms with Crippen molar-refractivity contribution >= 4 is 28.4 Å². The Morgan fingerprint density at radius 3 is 2.50 bits per heavy atom. The van der Waals surface area contributed by atoms with Crippen LogP contribution < -0.4 is 10.6 Å². The summed E-state index contributed by atoms with van der Waals surface area (Å²) in [6.45, 7) is 3.98. The zero-order chi connectivity index (χ0) is 21.1. The number of aryl methyl sites for hydroxylation is 1. The number of amides is 2. The predicted molar refractivity (Wildman–Crippen MR) is 117 cm³/mol. The molecule has 4 rings (SSSR count). The summed E-state index contributed by atoms with van der Waals surface area (Å²) in [4.78, 5) is 27.3. The fourth-order valence-corrected chi connectivity index (χ4v) is 4.09. The minimum absolute atomic E-state index is 0.0108. The number of likely N-dealkylation sites (tertiary alicyclic amines) is 1. The molecule has 3 aromatic rings. The van der Waals surface area contributed by atoms with Crippen molar-refractivity contribution < 1.29 is 9.59 Å². The van der Waals surface area contributed by atoms with E-state index in [0.29, 0.717) is 11.7 Å². The number of benzene rings is 2. The zero-order valence-corrected chi connectivity index (χ0v) is 17.3. The molecule has 1 saturated heterocycles. The molecular weight excluding hydrogens is 378 g/mol. The van der Waals surface area contributed by atoms with Gasteiger partial charge in [-0.15, -0.1) is 0 Å². The van der Waals surface area contributed by atoms with Crippen LogP contribution in [0.15, 0.2) is 54.7 Å². The Morgan fingerprint density at radius 2 is 1.77 bits per heavy atom. The lowest BCUT2D eigenvalue weighted by molar-refractivity contribution is -0.136. The first-order valence-corrected chi connectivity index (χ1v) is 10.3. The highest BCUT2D eigenvalue weighted by molar-refractivity contribution is 6.40. The Bertz CT molecular complexity index is 1040. The van der Waals surface area contributed by atoms with Crippen LogP contribution in [0, 0.1) is 0 Å². The van der Waals surface area contributed by atoms with Gasteiger partial charge in [0.25, 0.3) is 0 Å². The Hall–Kier alpha value is -3.19. The molecule has 0 aliphatic carbocycles. The molecule has 2 N–H and O–H groups in total. The summed E-state index contributed by atoms with van der Waals surface area (Å²) in [5, 5.41) is 10.6. The fourth-order valence-electron chi connectivity index (χ4n) is 4.09. The first kappa shape index (κ1) is 20.1. The van der Waals surface area contributed by atoms with Crippen LogP contribution in [0.4, 0.5) is 5.69 Å². The van der Waals surface area contributed by atoms with Gasteiger partial charge in [0.1, 0.15) is 0 Å². The molecule has 1 aliphatic rings. The number of carbonyl (C=O) groups is 2. The van der Waals surface area contributed by atoms with Gasteiger partial charge >= 0.3 is 11.8 Å². The second-order valence-corrected chi connectivity index (χ2v) is 7.83. The van der Waals surface area contributed by atoms with Crippen LogP contribution in [0.25, 0.3) is 10.9 Å². The molecule has 2 amide bonds. The summed E-state index contributed by atoms with van der Waals surface area (Å²) in [6, 6.07) is 16.3. The van der Waals surface area contributed by atoms with Gasteiger partial charge in [-0.3, -0.25) is 19.2 Å². The number of hydrogen-bond donors (Lipinski definition) is 2. The van der Waals surface area contributed by atoms with Crippen LogP contribution >= 0.6 is 0 Å². The third-order valence-corrected chi connectivity index (χ3v) is 5.94. The van der Waals surface area contributed by atoms with Gasteiger partial charge in [-0.2, -0.15) is 5.10 Å². The third-order valence-electron chi connectivity index (χ3n) is 5.94. The number of fused-ring (bicyclic) bond motifs is 1. The fraction of sp³-hybridized carbons (Fsp3) is 0.348. The molecule has 1 aliphatic heterocycles. The molecular formula is C23H27N5O2. The minimum atomic E-state index is -0.647. The van der Waals surface area contributed by atoms with Crippen molar-refractivity contribution in [1.29, 1.82) is 0 Å². The Labute approximate surface area is 176 Å². The molecule has 0 saturated carbocycles. The average molecular weight is 406 g/mol. The molecule has 0 radical (unpaired) electrons. The molecule has 2 heterocycles. The normalized spacial score (nSPS) is 16.3. The van der Waals surface area contributed by atoms with E-state index in [1.54, 1.807) is 16.9 Å². The molecule has 2 aromatic carbocycles. The molecule has 1 fully saturated rings. The highest BCUT2D eigenvalue weighted by Gasteiger charge is 2.26. The van der Waals surface area contributed by atoms with Crippen molar-refractivity contribution in [3.05, 3.63) is 60.3 Å². The number of piperidine rings is 1. The number of aromatic nitrogens is 2. The summed E-state index contributed by atoms with van der Waals surface area (Å²) in [6.07, 6.45) is 3.34. The minimum Gasteiger partial charge on any atom is -0.345 e. The maximum absolute atomic E-state index is 12.4. The second-order valence-electron chi connectivity index (χ2n) is 7.83. The SMILES string of the molecule is CC(c1ccccc1)N1CCC(NC(=O)C(=O)Nc2cccc3c2cnn3C)CC1. The maximum Gasteiger partial charge on any atom is 0.313 e. The topological polar surface area (TPSA) is 79.3 Å². The smallest absolute Gasteiger partial charge is 0.313 e. The molecule has 30 heavy (non-hydrogen) atoms. The van der Waals surface area contributed by atoms with E-state index in [0.717, 1.165) is 36.8 Å². The van der Waals surface area contributed by atoms with Crippen LogP contribution in [0.3, 0.4) is 0 Å². The van der Waals surface area contributed by atoms with Crippen LogP contribution in [0.2, 0.25) is 0 Å². The first-order valence-electron chi connectivity index (χ1n) is 10.3. The lowest BCUT2D eigenvalue weighted by atomic mass is 10.00. The van der Waals surface area contributed by atoms with Crippen molar-refractivity contribution in [3.63, 3.8) is 0 Å². The van der Waals surface area contributed by atoms with Gasteiger partial charge in [0.05, 0.1) is 17.4 Å². The summed E-state index contributed by atoms with van der Waals surface area (Å²) in [5.74, 6) is -1.24. The second kappa shape index (κ2) is 8.67. The van der Waals surface area contributed by atoms with E-state index in [1.807, 2.05) is 25.2 Å². The van der Waals surface area contributed by atoms with E-state index in [1.165, 1.54) is 5.56 Å². The van der Waals surface area contributed by atoms with Gasteiger partial charge in [-0.05, 0) is 37.5 Å². The van der Waals surface area contributed by atoms with Crippen LogP contribution in [-0.2, 0) is 16.6 Å². The predicted octanol–water partition coefficient (Wildman–Crippen LogP) is 2.85. The quantitative estimate of drug-likeness (QED) is 0.654. The van der Waals surface area contributed by atoms with Crippen molar-refractivity contribution in [1.82, 2.24) is 20.0 Å². The van der Waals surface area contributed by atoms with E-state index >= 15 is 0 Å². The zero-order valence-electron chi connectivity index (χ0n) is 17.3. The lowest BCUT2D eigenvalue weighted by Gasteiger charge is -2.36. The van der Waals surface area contributed by atoms with Gasteiger partial charge in [-0.25, -0.2) is 0 Å². The van der Waals surface area contributed by atoms with E-state index in [9.17, 15) is 9.59 Å². The van der Waals surface area contributed by atoms with Gasteiger partial charge < -0.3 is 10.6 Å². The number of hydrogen-bond acceptors (Lipinski definition) is 4. The molecule has 7 heteroatoms. The lowest BCUT2D eigenvalue weighted by Crippen LogP contribution is -2.48. The van der Waals surface area contributed by atoms with Crippen molar-refractivity contribution in [2.24, 2.45) is 7.05 Å². The molecule has 7 nitrogen and oxygen atoms in total. The maximum atomic E-state index is 12.4. The summed E-state index contributed by atoms with van der Waals surface area (Å²) in [5.41, 5.74) is 2.78. The van der Waals surface area contributed by atoms with Gasteiger partial charge in [0.2, 0.25) is 0 Å². The standard InChI is InChI=1S/C23H27N5O2/c1-16(17-7-4-3-5-8-17)28-13-11-18(12-14-28)25-22(29)23(30)26-20-9-6-10-21-19(20)15-24-27(21)2/h3-10,15-16,18H,11-14H2,1-2H3,(H,25,29)(H,26,30). The van der Waals surface area contributed by atoms with Crippen LogP contribution in [-0.4, -0.2) is 45.6 Å². The van der Waals surface area contributed by atoms with Gasteiger partial charge in [0.15, 0.2) is 0 Å². The summed E-state index contributed by atoms with van der Waals surface area (Å²) < 4.78 is 1.73. The monoisotopic (exact) mass is 405 g/mol. The molecule has 1 unspecified atom stereocenters. The van der Waals surface area contributed by atoms with E-state index in [-0.39, 0.29) is 6.04 Å². The highest BCUT2D eigenvalue weighted by Crippen LogP contribution is 2.24. The molecule has 0 spiro atoms.